The highest BCUT2D eigenvalue weighted by atomic mass is 16.5. The van der Waals surface area contributed by atoms with Crippen LogP contribution in [0.4, 0.5) is 0 Å². The van der Waals surface area contributed by atoms with Gasteiger partial charge in [0.15, 0.2) is 5.96 Å². The van der Waals surface area contributed by atoms with Crippen molar-refractivity contribution in [3.8, 4) is 5.75 Å². The number of ether oxygens (including phenoxy) is 1. The van der Waals surface area contributed by atoms with E-state index >= 15 is 0 Å². The molecule has 2 heterocycles. The Morgan fingerprint density at radius 2 is 2.04 bits per heavy atom. The fourth-order valence-corrected chi connectivity index (χ4v) is 4.36. The first-order chi connectivity index (χ1) is 13.1. The summed E-state index contributed by atoms with van der Waals surface area (Å²) in [5.74, 6) is 2.63. The number of hydrogen-bond acceptors (Lipinski definition) is 4. The third-order valence-corrected chi connectivity index (χ3v) is 5.86. The van der Waals surface area contributed by atoms with Gasteiger partial charge in [-0.3, -0.25) is 4.99 Å². The van der Waals surface area contributed by atoms with Crippen molar-refractivity contribution in [1.82, 2.24) is 15.8 Å². The number of nitrogens with zero attached hydrogens (tertiary/aromatic N) is 2. The van der Waals surface area contributed by atoms with Crippen LogP contribution in [0.25, 0.3) is 0 Å². The smallest absolute Gasteiger partial charge is 0.191 e. The highest BCUT2D eigenvalue weighted by Crippen LogP contribution is 2.46. The number of nitrogens with one attached hydrogen (secondary N) is 2. The fraction of sp³-hybridized carbons (Fsp3) is 0.524. The molecule has 1 saturated carbocycles. The molecule has 0 radical (unpaired) electrons. The van der Waals surface area contributed by atoms with Crippen molar-refractivity contribution in [3.63, 3.8) is 0 Å². The molecule has 1 spiro atoms. The average Bonchev–Trinajstić information content (AvgIpc) is 3.25. The minimum Gasteiger partial charge on any atom is -0.487 e. The summed E-state index contributed by atoms with van der Waals surface area (Å²) >= 11 is 0. The summed E-state index contributed by atoms with van der Waals surface area (Å²) in [6.45, 7) is 4.53. The molecule has 2 N–H and O–H groups in total. The molecule has 1 atom stereocenters. The lowest BCUT2D eigenvalue weighted by Gasteiger charge is -2.40. The Hall–Kier alpha value is -2.50. The predicted octanol–water partition coefficient (Wildman–Crippen LogP) is 3.79. The van der Waals surface area contributed by atoms with E-state index in [4.69, 9.17) is 9.26 Å². The minimum absolute atomic E-state index is 0.0352. The van der Waals surface area contributed by atoms with Gasteiger partial charge in [-0.05, 0) is 45.6 Å². The van der Waals surface area contributed by atoms with Gasteiger partial charge in [0.1, 0.15) is 17.1 Å². The van der Waals surface area contributed by atoms with Crippen LogP contribution < -0.4 is 15.4 Å². The maximum Gasteiger partial charge on any atom is 0.191 e. The first-order valence-corrected chi connectivity index (χ1v) is 9.77. The van der Waals surface area contributed by atoms with Crippen LogP contribution >= 0.6 is 0 Å². The lowest BCUT2D eigenvalue weighted by molar-refractivity contribution is 0.0396. The van der Waals surface area contributed by atoms with Crippen LogP contribution in [0.2, 0.25) is 0 Å². The Kier molecular flexibility index (Phi) is 4.81. The van der Waals surface area contributed by atoms with Crippen LogP contribution in [0.15, 0.2) is 33.8 Å². The summed E-state index contributed by atoms with van der Waals surface area (Å²) < 4.78 is 11.7. The number of benzene rings is 1. The molecule has 6 heteroatoms. The van der Waals surface area contributed by atoms with Gasteiger partial charge in [0, 0.05) is 31.1 Å². The van der Waals surface area contributed by atoms with E-state index in [0.717, 1.165) is 48.0 Å². The third-order valence-electron chi connectivity index (χ3n) is 5.86. The molecule has 1 aliphatic heterocycles. The quantitative estimate of drug-likeness (QED) is 0.637. The standard InChI is InChI=1S/C21H28N4O2/c1-14-17(15(2)27-25-14)13-23-20(22-3)24-18-12-21(10-6-7-11-21)26-19-9-5-4-8-16(18)19/h4-5,8-9,18H,6-7,10-13H2,1-3H3,(H2,22,23,24). The molecule has 2 aromatic rings. The van der Waals surface area contributed by atoms with Gasteiger partial charge in [0.25, 0.3) is 0 Å². The Morgan fingerprint density at radius 1 is 1.26 bits per heavy atom. The van der Waals surface area contributed by atoms with Crippen LogP contribution in [0.1, 0.15) is 60.7 Å². The van der Waals surface area contributed by atoms with Gasteiger partial charge in [0.2, 0.25) is 0 Å². The molecule has 4 rings (SSSR count). The molecule has 1 aliphatic carbocycles. The van der Waals surface area contributed by atoms with Crippen molar-refractivity contribution in [3.05, 3.63) is 46.8 Å². The van der Waals surface area contributed by atoms with Gasteiger partial charge in [-0.1, -0.05) is 23.4 Å². The molecular formula is C21H28N4O2. The molecule has 27 heavy (non-hydrogen) atoms. The van der Waals surface area contributed by atoms with Crippen molar-refractivity contribution in [2.75, 3.05) is 7.05 Å². The van der Waals surface area contributed by atoms with Gasteiger partial charge in [0.05, 0.1) is 11.7 Å². The summed E-state index contributed by atoms with van der Waals surface area (Å²) in [7, 11) is 1.80. The van der Waals surface area contributed by atoms with E-state index in [2.05, 4.69) is 39.0 Å². The van der Waals surface area contributed by atoms with Crippen molar-refractivity contribution in [2.24, 2.45) is 4.99 Å². The molecule has 6 nitrogen and oxygen atoms in total. The van der Waals surface area contributed by atoms with Crippen LogP contribution in [-0.4, -0.2) is 23.8 Å². The van der Waals surface area contributed by atoms with Crippen molar-refractivity contribution in [1.29, 1.82) is 0 Å². The van der Waals surface area contributed by atoms with E-state index in [0.29, 0.717) is 6.54 Å². The molecule has 2 aliphatic rings. The normalized spacial score (nSPS) is 21.0. The fourth-order valence-electron chi connectivity index (χ4n) is 4.36. The highest BCUT2D eigenvalue weighted by molar-refractivity contribution is 5.80. The van der Waals surface area contributed by atoms with Crippen LogP contribution in [-0.2, 0) is 6.54 Å². The van der Waals surface area contributed by atoms with Crippen molar-refractivity contribution >= 4 is 5.96 Å². The zero-order valence-electron chi connectivity index (χ0n) is 16.3. The molecular weight excluding hydrogens is 340 g/mol. The minimum atomic E-state index is -0.0352. The Labute approximate surface area is 160 Å². The molecule has 1 fully saturated rings. The Bertz CT molecular complexity index is 817. The van der Waals surface area contributed by atoms with Gasteiger partial charge >= 0.3 is 0 Å². The summed E-state index contributed by atoms with van der Waals surface area (Å²) in [6.07, 6.45) is 5.72. The topological polar surface area (TPSA) is 71.7 Å². The monoisotopic (exact) mass is 368 g/mol. The van der Waals surface area contributed by atoms with Crippen LogP contribution in [0, 0.1) is 13.8 Å². The molecule has 0 amide bonds. The zero-order valence-corrected chi connectivity index (χ0v) is 16.3. The SMILES string of the molecule is CN=C(NCc1c(C)noc1C)NC1CC2(CCCC2)Oc2ccccc21. The summed E-state index contributed by atoms with van der Waals surface area (Å²) in [5.41, 5.74) is 3.16. The lowest BCUT2D eigenvalue weighted by atomic mass is 9.86. The molecule has 1 unspecified atom stereocenters. The third kappa shape index (κ3) is 3.53. The lowest BCUT2D eigenvalue weighted by Crippen LogP contribution is -2.46. The Balaban J connectivity index is 1.51. The summed E-state index contributed by atoms with van der Waals surface area (Å²) in [6, 6.07) is 8.54. The van der Waals surface area contributed by atoms with Crippen molar-refractivity contribution in [2.45, 2.75) is 64.1 Å². The van der Waals surface area contributed by atoms with Gasteiger partial charge in [-0.15, -0.1) is 0 Å². The van der Waals surface area contributed by atoms with Gasteiger partial charge < -0.3 is 19.9 Å². The van der Waals surface area contributed by atoms with E-state index < -0.39 is 0 Å². The number of fused-ring (bicyclic) bond motifs is 1. The molecule has 0 saturated heterocycles. The summed E-state index contributed by atoms with van der Waals surface area (Å²) in [5, 5.41) is 11.1. The maximum atomic E-state index is 6.46. The largest absolute Gasteiger partial charge is 0.487 e. The summed E-state index contributed by atoms with van der Waals surface area (Å²) in [4.78, 5) is 4.43. The second-order valence-corrected chi connectivity index (χ2v) is 7.66. The number of aryl methyl sites for hydroxylation is 2. The number of guanidine groups is 1. The first kappa shape index (κ1) is 17.9. The predicted molar refractivity (Wildman–Crippen MR) is 105 cm³/mol. The molecule has 144 valence electrons. The maximum absolute atomic E-state index is 6.46. The van der Waals surface area contributed by atoms with E-state index in [1.165, 1.54) is 18.4 Å². The number of para-hydroxylation sites is 1. The molecule has 0 bridgehead atoms. The second-order valence-electron chi connectivity index (χ2n) is 7.66. The van der Waals surface area contributed by atoms with Gasteiger partial charge in [-0.25, -0.2) is 0 Å². The van der Waals surface area contributed by atoms with Crippen LogP contribution in [0.3, 0.4) is 0 Å². The highest BCUT2D eigenvalue weighted by Gasteiger charge is 2.43. The van der Waals surface area contributed by atoms with E-state index in [1.54, 1.807) is 7.05 Å². The molecule has 1 aromatic carbocycles. The van der Waals surface area contributed by atoms with Crippen LogP contribution in [0.5, 0.6) is 5.75 Å². The van der Waals surface area contributed by atoms with Crippen molar-refractivity contribution < 1.29 is 9.26 Å². The van der Waals surface area contributed by atoms with E-state index in [-0.39, 0.29) is 11.6 Å². The number of aliphatic imine (C=N–C) groups is 1. The number of hydrogen-bond donors (Lipinski definition) is 2. The number of rotatable bonds is 3. The Morgan fingerprint density at radius 3 is 2.74 bits per heavy atom. The number of aromatic nitrogens is 1. The second kappa shape index (κ2) is 7.25. The van der Waals surface area contributed by atoms with Gasteiger partial charge in [-0.2, -0.15) is 0 Å². The zero-order chi connectivity index (χ0) is 18.9. The van der Waals surface area contributed by atoms with E-state index in [9.17, 15) is 0 Å². The van der Waals surface area contributed by atoms with E-state index in [1.807, 2.05) is 19.9 Å². The average molecular weight is 368 g/mol. The first-order valence-electron chi connectivity index (χ1n) is 9.77. The molecule has 1 aromatic heterocycles.